The number of anilines is 1. The second-order valence-electron chi connectivity index (χ2n) is 6.16. The molecule has 1 aliphatic heterocycles. The molecule has 0 amide bonds. The van der Waals surface area contributed by atoms with Crippen LogP contribution < -0.4 is 4.72 Å². The molecule has 0 spiro atoms. The average Bonchev–Trinajstić information content (AvgIpc) is 2.60. The first-order valence-electron chi connectivity index (χ1n) is 7.91. The Morgan fingerprint density at radius 3 is 2.44 bits per heavy atom. The van der Waals surface area contributed by atoms with Crippen molar-refractivity contribution in [3.63, 3.8) is 0 Å². The van der Waals surface area contributed by atoms with E-state index in [1.807, 2.05) is 0 Å². The average molecular weight is 411 g/mol. The molecule has 0 radical (unpaired) electrons. The van der Waals surface area contributed by atoms with Crippen LogP contribution in [0.2, 0.25) is 0 Å². The van der Waals surface area contributed by atoms with Crippen molar-refractivity contribution in [2.75, 3.05) is 17.5 Å². The van der Waals surface area contributed by atoms with Crippen LogP contribution in [0.1, 0.15) is 11.1 Å². The Kier molecular flexibility index (Phi) is 4.93. The fraction of sp³-hybridized carbons (Fsp3) is 0.250. The molecular formula is C16H17N3O6S2. The zero-order chi connectivity index (χ0) is 19.8. The van der Waals surface area contributed by atoms with Crippen LogP contribution in [-0.4, -0.2) is 38.9 Å². The molecule has 2 aromatic carbocycles. The number of hydrogen-bond acceptors (Lipinski definition) is 6. The Labute approximate surface area is 156 Å². The first-order valence-corrected chi connectivity index (χ1v) is 11.2. The van der Waals surface area contributed by atoms with Crippen LogP contribution in [-0.2, 0) is 33.0 Å². The number of nitrogens with one attached hydrogen (secondary N) is 1. The summed E-state index contributed by atoms with van der Waals surface area (Å²) in [4.78, 5) is 9.90. The number of benzene rings is 2. The van der Waals surface area contributed by atoms with Gasteiger partial charge < -0.3 is 0 Å². The van der Waals surface area contributed by atoms with Gasteiger partial charge in [-0.3, -0.25) is 14.8 Å². The van der Waals surface area contributed by atoms with Crippen molar-refractivity contribution in [3.05, 3.63) is 63.7 Å². The van der Waals surface area contributed by atoms with E-state index >= 15 is 0 Å². The van der Waals surface area contributed by atoms with E-state index in [1.165, 1.54) is 16.4 Å². The van der Waals surface area contributed by atoms with Crippen LogP contribution in [0.15, 0.2) is 47.4 Å². The zero-order valence-electron chi connectivity index (χ0n) is 14.3. The molecule has 0 aliphatic carbocycles. The second-order valence-corrected chi connectivity index (χ2v) is 9.79. The standard InChI is InChI=1S/C16H17N3O6S2/c1-26(22,23)18-9-8-12-6-7-14(10-13(12)11-18)17-27(24,25)16-5-3-2-4-15(16)19(20)21/h2-7,10,17H,8-9,11H2,1H3. The molecule has 2 aromatic rings. The third-order valence-electron chi connectivity index (χ3n) is 4.26. The smallest absolute Gasteiger partial charge is 0.279 e. The van der Waals surface area contributed by atoms with Gasteiger partial charge in [-0.2, -0.15) is 4.31 Å². The maximum absolute atomic E-state index is 12.6. The molecule has 0 fully saturated rings. The predicted molar refractivity (Wildman–Crippen MR) is 99.3 cm³/mol. The van der Waals surface area contributed by atoms with Crippen molar-refractivity contribution in [1.29, 1.82) is 0 Å². The van der Waals surface area contributed by atoms with Crippen molar-refractivity contribution in [1.82, 2.24) is 4.31 Å². The Bertz CT molecular complexity index is 1110. The number of para-hydroxylation sites is 1. The van der Waals surface area contributed by atoms with Gasteiger partial charge in [0.05, 0.1) is 11.2 Å². The van der Waals surface area contributed by atoms with Gasteiger partial charge in [-0.15, -0.1) is 0 Å². The fourth-order valence-electron chi connectivity index (χ4n) is 2.92. The number of fused-ring (bicyclic) bond motifs is 1. The monoisotopic (exact) mass is 411 g/mol. The summed E-state index contributed by atoms with van der Waals surface area (Å²) in [6.07, 6.45) is 1.65. The minimum absolute atomic E-state index is 0.148. The van der Waals surface area contributed by atoms with Gasteiger partial charge in [0.2, 0.25) is 10.0 Å². The maximum Gasteiger partial charge on any atom is 0.289 e. The van der Waals surface area contributed by atoms with Crippen LogP contribution in [0.25, 0.3) is 0 Å². The molecule has 144 valence electrons. The molecule has 1 heterocycles. The van der Waals surface area contributed by atoms with E-state index in [9.17, 15) is 26.9 Å². The van der Waals surface area contributed by atoms with Gasteiger partial charge in [-0.05, 0) is 35.7 Å². The van der Waals surface area contributed by atoms with Gasteiger partial charge in [0.15, 0.2) is 4.90 Å². The third kappa shape index (κ3) is 4.10. The van der Waals surface area contributed by atoms with Crippen LogP contribution in [0.4, 0.5) is 11.4 Å². The molecule has 27 heavy (non-hydrogen) atoms. The van der Waals surface area contributed by atoms with Crippen molar-refractivity contribution in [2.45, 2.75) is 17.9 Å². The quantitative estimate of drug-likeness (QED) is 0.589. The summed E-state index contributed by atoms with van der Waals surface area (Å²) in [5, 5.41) is 11.1. The lowest BCUT2D eigenvalue weighted by atomic mass is 10.0. The lowest BCUT2D eigenvalue weighted by molar-refractivity contribution is -0.387. The van der Waals surface area contributed by atoms with Crippen LogP contribution in [0.3, 0.4) is 0 Å². The topological polar surface area (TPSA) is 127 Å². The fourth-order valence-corrected chi connectivity index (χ4v) is 4.94. The van der Waals surface area contributed by atoms with Crippen LogP contribution in [0, 0.1) is 10.1 Å². The molecule has 1 aliphatic rings. The van der Waals surface area contributed by atoms with Gasteiger partial charge in [0.25, 0.3) is 15.7 Å². The number of hydrogen-bond donors (Lipinski definition) is 1. The summed E-state index contributed by atoms with van der Waals surface area (Å²) in [6, 6.07) is 9.90. The van der Waals surface area contributed by atoms with Crippen molar-refractivity contribution in [3.8, 4) is 0 Å². The Balaban J connectivity index is 1.92. The molecule has 3 rings (SSSR count). The summed E-state index contributed by atoms with van der Waals surface area (Å²) < 4.78 is 52.3. The Hall–Kier alpha value is -2.50. The number of rotatable bonds is 5. The molecule has 0 saturated carbocycles. The molecule has 11 heteroatoms. The summed E-state index contributed by atoms with van der Waals surface area (Å²) in [5.74, 6) is 0. The molecule has 0 unspecified atom stereocenters. The van der Waals surface area contributed by atoms with Gasteiger partial charge in [-0.25, -0.2) is 16.8 Å². The number of nitrogens with zero attached hydrogens (tertiary/aromatic N) is 2. The lowest BCUT2D eigenvalue weighted by Gasteiger charge is -2.27. The van der Waals surface area contributed by atoms with Crippen LogP contribution >= 0.6 is 0 Å². The van der Waals surface area contributed by atoms with E-state index in [0.29, 0.717) is 18.5 Å². The highest BCUT2D eigenvalue weighted by Crippen LogP contribution is 2.28. The molecule has 0 saturated heterocycles. The highest BCUT2D eigenvalue weighted by Gasteiger charge is 2.27. The van der Waals surface area contributed by atoms with Gasteiger partial charge in [0.1, 0.15) is 0 Å². The van der Waals surface area contributed by atoms with E-state index in [-0.39, 0.29) is 12.2 Å². The molecule has 0 aromatic heterocycles. The maximum atomic E-state index is 12.6. The van der Waals surface area contributed by atoms with Gasteiger partial charge >= 0.3 is 0 Å². The van der Waals surface area contributed by atoms with E-state index in [0.717, 1.165) is 24.0 Å². The highest BCUT2D eigenvalue weighted by molar-refractivity contribution is 7.92. The normalized spacial score (nSPS) is 15.1. The van der Waals surface area contributed by atoms with Crippen molar-refractivity contribution >= 4 is 31.4 Å². The zero-order valence-corrected chi connectivity index (χ0v) is 16.0. The Morgan fingerprint density at radius 2 is 1.78 bits per heavy atom. The number of nitro groups is 1. The SMILES string of the molecule is CS(=O)(=O)N1CCc2ccc(NS(=O)(=O)c3ccccc3[N+](=O)[O-])cc2C1. The van der Waals surface area contributed by atoms with Crippen molar-refractivity contribution in [2.24, 2.45) is 0 Å². The molecule has 0 atom stereocenters. The lowest BCUT2D eigenvalue weighted by Crippen LogP contribution is -2.35. The summed E-state index contributed by atoms with van der Waals surface area (Å²) in [7, 11) is -7.54. The number of nitro benzene ring substituents is 1. The molecule has 1 N–H and O–H groups in total. The van der Waals surface area contributed by atoms with Crippen molar-refractivity contribution < 1.29 is 21.8 Å². The van der Waals surface area contributed by atoms with E-state index in [2.05, 4.69) is 4.72 Å². The van der Waals surface area contributed by atoms with Crippen LogP contribution in [0.5, 0.6) is 0 Å². The second kappa shape index (κ2) is 6.91. The van der Waals surface area contributed by atoms with E-state index in [4.69, 9.17) is 0 Å². The molecular weight excluding hydrogens is 394 g/mol. The first kappa shape index (κ1) is 19.3. The van der Waals surface area contributed by atoms with E-state index < -0.39 is 35.6 Å². The third-order valence-corrected chi connectivity index (χ3v) is 6.93. The van der Waals surface area contributed by atoms with Gasteiger partial charge in [-0.1, -0.05) is 18.2 Å². The molecule has 9 nitrogen and oxygen atoms in total. The summed E-state index contributed by atoms with van der Waals surface area (Å²) in [5.41, 5.74) is 1.31. The summed E-state index contributed by atoms with van der Waals surface area (Å²) in [6.45, 7) is 0.516. The first-order chi connectivity index (χ1) is 12.6. The number of sulfonamides is 2. The minimum Gasteiger partial charge on any atom is -0.279 e. The minimum atomic E-state index is -4.18. The molecule has 0 bridgehead atoms. The predicted octanol–water partition coefficient (Wildman–Crippen LogP) is 1.71. The Morgan fingerprint density at radius 1 is 1.07 bits per heavy atom. The largest absolute Gasteiger partial charge is 0.289 e. The highest BCUT2D eigenvalue weighted by atomic mass is 32.2. The van der Waals surface area contributed by atoms with Gasteiger partial charge in [0, 0.05) is 24.8 Å². The van der Waals surface area contributed by atoms with E-state index in [1.54, 1.807) is 18.2 Å². The summed E-state index contributed by atoms with van der Waals surface area (Å²) >= 11 is 0.